The number of nitro groups is 1. The maximum Gasteiger partial charge on any atom is 0.272 e. The first kappa shape index (κ1) is 15.5. The molecule has 0 atom stereocenters. The van der Waals surface area contributed by atoms with Gasteiger partial charge in [-0.25, -0.2) is 0 Å². The van der Waals surface area contributed by atoms with E-state index in [1.807, 2.05) is 0 Å². The zero-order chi connectivity index (χ0) is 15.0. The van der Waals surface area contributed by atoms with Crippen molar-refractivity contribution in [3.8, 4) is 0 Å². The number of nitro benzene ring substituents is 1. The highest BCUT2D eigenvalue weighted by Crippen LogP contribution is 2.18. The fourth-order valence-corrected chi connectivity index (χ4v) is 1.66. The summed E-state index contributed by atoms with van der Waals surface area (Å²) in [6.45, 7) is 2.47. The van der Waals surface area contributed by atoms with E-state index in [9.17, 15) is 14.9 Å². The van der Waals surface area contributed by atoms with Crippen molar-refractivity contribution >= 4 is 11.6 Å². The Hall–Kier alpha value is -2.60. The molecule has 0 bridgehead atoms. The van der Waals surface area contributed by atoms with Crippen molar-refractivity contribution in [1.29, 1.82) is 0 Å². The summed E-state index contributed by atoms with van der Waals surface area (Å²) in [7, 11) is 0. The second kappa shape index (κ2) is 7.75. The highest BCUT2D eigenvalue weighted by molar-refractivity contribution is 5.94. The first-order chi connectivity index (χ1) is 9.56. The Morgan fingerprint density at radius 1 is 1.50 bits per heavy atom. The van der Waals surface area contributed by atoms with Crippen LogP contribution in [0, 0.1) is 17.0 Å². The summed E-state index contributed by atoms with van der Waals surface area (Å²) in [5.41, 5.74) is 8.93. The molecule has 0 aliphatic heterocycles. The van der Waals surface area contributed by atoms with E-state index in [0.29, 0.717) is 37.1 Å². The average Bonchev–Trinajstić information content (AvgIpc) is 2.41. The van der Waals surface area contributed by atoms with Crippen LogP contribution in [0.5, 0.6) is 0 Å². The van der Waals surface area contributed by atoms with E-state index in [0.717, 1.165) is 0 Å². The van der Waals surface area contributed by atoms with Crippen molar-refractivity contribution in [2.75, 3.05) is 13.1 Å². The standard InChI is InChI=1S/C12H15N5O3/c1-9-8-10(4-5-11(9)17(19)20)12(18)14-6-2-3-7-15-16-13/h4-5,8H,2-3,6-7H2,1H3,(H,14,18). The van der Waals surface area contributed by atoms with Gasteiger partial charge in [0.05, 0.1) is 4.92 Å². The van der Waals surface area contributed by atoms with E-state index in [4.69, 9.17) is 5.53 Å². The highest BCUT2D eigenvalue weighted by Gasteiger charge is 2.13. The Morgan fingerprint density at radius 2 is 2.25 bits per heavy atom. The van der Waals surface area contributed by atoms with Crippen molar-refractivity contribution in [1.82, 2.24) is 5.32 Å². The number of azide groups is 1. The molecule has 0 saturated carbocycles. The molecule has 1 amide bonds. The number of nitrogens with one attached hydrogen (secondary N) is 1. The smallest absolute Gasteiger partial charge is 0.272 e. The number of benzene rings is 1. The minimum absolute atomic E-state index is 0.00378. The molecule has 0 saturated heterocycles. The number of nitrogens with zero attached hydrogens (tertiary/aromatic N) is 4. The first-order valence-corrected chi connectivity index (χ1v) is 6.10. The van der Waals surface area contributed by atoms with Crippen molar-refractivity contribution in [2.45, 2.75) is 19.8 Å². The summed E-state index contributed by atoms with van der Waals surface area (Å²) in [4.78, 5) is 24.6. The van der Waals surface area contributed by atoms with Gasteiger partial charge in [-0.3, -0.25) is 14.9 Å². The van der Waals surface area contributed by atoms with E-state index in [1.54, 1.807) is 6.92 Å². The molecule has 1 N–H and O–H groups in total. The van der Waals surface area contributed by atoms with Gasteiger partial charge in [0.25, 0.3) is 11.6 Å². The molecule has 1 aromatic rings. The third-order valence-corrected chi connectivity index (χ3v) is 2.69. The number of unbranched alkanes of at least 4 members (excludes halogenated alkanes) is 1. The van der Waals surface area contributed by atoms with E-state index in [1.165, 1.54) is 18.2 Å². The summed E-state index contributed by atoms with van der Waals surface area (Å²) in [5, 5.41) is 16.8. The van der Waals surface area contributed by atoms with Gasteiger partial charge in [-0.2, -0.15) is 0 Å². The summed E-state index contributed by atoms with van der Waals surface area (Å²) in [5.74, 6) is -0.271. The number of aryl methyl sites for hydroxylation is 1. The highest BCUT2D eigenvalue weighted by atomic mass is 16.6. The second-order valence-corrected chi connectivity index (χ2v) is 4.18. The molecule has 0 aliphatic rings. The molecule has 8 nitrogen and oxygen atoms in total. The van der Waals surface area contributed by atoms with Gasteiger partial charge in [0.1, 0.15) is 0 Å². The van der Waals surface area contributed by atoms with Gasteiger partial charge in [-0.05, 0) is 37.4 Å². The number of amides is 1. The van der Waals surface area contributed by atoms with Gasteiger partial charge in [-0.1, -0.05) is 5.11 Å². The molecule has 0 heterocycles. The molecule has 8 heteroatoms. The lowest BCUT2D eigenvalue weighted by molar-refractivity contribution is -0.385. The predicted molar refractivity (Wildman–Crippen MR) is 73.4 cm³/mol. The fourth-order valence-electron chi connectivity index (χ4n) is 1.66. The molecular formula is C12H15N5O3. The monoisotopic (exact) mass is 277 g/mol. The van der Waals surface area contributed by atoms with Crippen LogP contribution in [-0.4, -0.2) is 23.9 Å². The van der Waals surface area contributed by atoms with E-state index in [-0.39, 0.29) is 11.6 Å². The van der Waals surface area contributed by atoms with Crippen LogP contribution in [0.25, 0.3) is 10.4 Å². The fraction of sp³-hybridized carbons (Fsp3) is 0.417. The normalized spacial score (nSPS) is 9.65. The van der Waals surface area contributed by atoms with Crippen molar-refractivity contribution in [3.05, 3.63) is 49.9 Å². The minimum atomic E-state index is -0.479. The van der Waals surface area contributed by atoms with Crippen molar-refractivity contribution < 1.29 is 9.72 Å². The Labute approximate surface area is 115 Å². The van der Waals surface area contributed by atoms with Gasteiger partial charge in [-0.15, -0.1) is 0 Å². The Balaban J connectivity index is 2.49. The van der Waals surface area contributed by atoms with Crippen LogP contribution in [0.1, 0.15) is 28.8 Å². The molecule has 0 aromatic heterocycles. The maximum atomic E-state index is 11.8. The quantitative estimate of drug-likeness (QED) is 0.206. The van der Waals surface area contributed by atoms with Crippen molar-refractivity contribution in [2.24, 2.45) is 5.11 Å². The Bertz CT molecular complexity index is 552. The zero-order valence-corrected chi connectivity index (χ0v) is 11.1. The van der Waals surface area contributed by atoms with Crippen LogP contribution in [0.2, 0.25) is 0 Å². The topological polar surface area (TPSA) is 121 Å². The summed E-state index contributed by atoms with van der Waals surface area (Å²) >= 11 is 0. The molecule has 0 spiro atoms. The first-order valence-electron chi connectivity index (χ1n) is 6.10. The molecule has 0 fully saturated rings. The third kappa shape index (κ3) is 4.58. The van der Waals surface area contributed by atoms with Crippen LogP contribution in [0.15, 0.2) is 23.3 Å². The van der Waals surface area contributed by atoms with E-state index < -0.39 is 4.92 Å². The Morgan fingerprint density at radius 3 is 2.85 bits per heavy atom. The molecule has 0 unspecified atom stereocenters. The molecular weight excluding hydrogens is 262 g/mol. The zero-order valence-electron chi connectivity index (χ0n) is 11.1. The molecule has 0 radical (unpaired) electrons. The minimum Gasteiger partial charge on any atom is -0.352 e. The molecule has 106 valence electrons. The SMILES string of the molecule is Cc1cc(C(=O)NCCCCN=[N+]=[N-])ccc1[N+](=O)[O-]. The second-order valence-electron chi connectivity index (χ2n) is 4.18. The summed E-state index contributed by atoms with van der Waals surface area (Å²) in [6.07, 6.45) is 1.40. The lowest BCUT2D eigenvalue weighted by Crippen LogP contribution is -2.24. The van der Waals surface area contributed by atoms with Gasteiger partial charge >= 0.3 is 0 Å². The Kier molecular flexibility index (Phi) is 5.99. The van der Waals surface area contributed by atoms with E-state index in [2.05, 4.69) is 15.3 Å². The van der Waals surface area contributed by atoms with Crippen LogP contribution >= 0.6 is 0 Å². The number of hydrogen-bond donors (Lipinski definition) is 1. The summed E-state index contributed by atoms with van der Waals surface area (Å²) in [6, 6.07) is 4.25. The predicted octanol–water partition coefficient (Wildman–Crippen LogP) is 2.72. The number of carbonyl (C=O) groups is 1. The van der Waals surface area contributed by atoms with Crippen LogP contribution in [0.4, 0.5) is 5.69 Å². The molecule has 1 rings (SSSR count). The lowest BCUT2D eigenvalue weighted by Gasteiger charge is -2.05. The van der Waals surface area contributed by atoms with Gasteiger partial charge in [0.15, 0.2) is 0 Å². The van der Waals surface area contributed by atoms with Gasteiger partial charge in [0, 0.05) is 35.2 Å². The average molecular weight is 277 g/mol. The largest absolute Gasteiger partial charge is 0.352 e. The van der Waals surface area contributed by atoms with Gasteiger partial charge in [0.2, 0.25) is 0 Å². The number of carbonyl (C=O) groups excluding carboxylic acids is 1. The molecule has 20 heavy (non-hydrogen) atoms. The third-order valence-electron chi connectivity index (χ3n) is 2.69. The number of rotatable bonds is 7. The summed E-state index contributed by atoms with van der Waals surface area (Å²) < 4.78 is 0. The number of hydrogen-bond acceptors (Lipinski definition) is 4. The maximum absolute atomic E-state index is 11.8. The molecule has 0 aliphatic carbocycles. The van der Waals surface area contributed by atoms with E-state index >= 15 is 0 Å². The lowest BCUT2D eigenvalue weighted by atomic mass is 10.1. The molecule has 1 aromatic carbocycles. The van der Waals surface area contributed by atoms with Crippen molar-refractivity contribution in [3.63, 3.8) is 0 Å². The van der Waals surface area contributed by atoms with Crippen LogP contribution in [-0.2, 0) is 0 Å². The van der Waals surface area contributed by atoms with Crippen LogP contribution in [0.3, 0.4) is 0 Å². The van der Waals surface area contributed by atoms with Crippen LogP contribution < -0.4 is 5.32 Å². The van der Waals surface area contributed by atoms with Gasteiger partial charge < -0.3 is 5.32 Å².